The van der Waals surface area contributed by atoms with Crippen molar-refractivity contribution in [2.75, 3.05) is 13.1 Å². The fourth-order valence-electron chi connectivity index (χ4n) is 1.43. The minimum Gasteiger partial charge on any atom is -0.389 e. The number of β-amino-alcohol motifs (C(OH)–C–C–N with tert-alkyl or cyclic N) is 1. The SMILES string of the molecule is CC(C)(O)CN1CC(S(N)(=O)=O)C1I. The monoisotopic (exact) mass is 334 g/mol. The van der Waals surface area contributed by atoms with Gasteiger partial charge in [-0.3, -0.25) is 4.90 Å². The molecule has 5 nitrogen and oxygen atoms in total. The molecule has 7 heteroatoms. The van der Waals surface area contributed by atoms with E-state index in [1.54, 1.807) is 13.8 Å². The van der Waals surface area contributed by atoms with Crippen LogP contribution < -0.4 is 5.14 Å². The van der Waals surface area contributed by atoms with Gasteiger partial charge in [0.1, 0.15) is 5.25 Å². The molecule has 1 aliphatic heterocycles. The van der Waals surface area contributed by atoms with Crippen molar-refractivity contribution in [3.8, 4) is 0 Å². The Morgan fingerprint density at radius 2 is 2.14 bits per heavy atom. The largest absolute Gasteiger partial charge is 0.389 e. The first kappa shape index (κ1) is 12.6. The van der Waals surface area contributed by atoms with E-state index in [1.165, 1.54) is 0 Å². The molecular weight excluding hydrogens is 319 g/mol. The van der Waals surface area contributed by atoms with Crippen molar-refractivity contribution >= 4 is 32.6 Å². The number of alkyl halides is 1. The van der Waals surface area contributed by atoms with Gasteiger partial charge in [0.15, 0.2) is 0 Å². The second kappa shape index (κ2) is 3.85. The molecule has 1 rings (SSSR count). The van der Waals surface area contributed by atoms with E-state index < -0.39 is 20.9 Å². The molecule has 1 saturated heterocycles. The highest BCUT2D eigenvalue weighted by Crippen LogP contribution is 2.29. The van der Waals surface area contributed by atoms with Crippen LogP contribution in [0, 0.1) is 0 Å². The summed E-state index contributed by atoms with van der Waals surface area (Å²) in [6, 6.07) is 0. The van der Waals surface area contributed by atoms with Gasteiger partial charge in [-0.05, 0) is 13.8 Å². The second-order valence-electron chi connectivity index (χ2n) is 4.24. The highest BCUT2D eigenvalue weighted by Gasteiger charge is 2.45. The minimum atomic E-state index is -3.43. The molecule has 2 atom stereocenters. The topological polar surface area (TPSA) is 83.6 Å². The number of aliphatic hydroxyl groups is 1. The van der Waals surface area contributed by atoms with Crippen molar-refractivity contribution in [3.63, 3.8) is 0 Å². The molecule has 0 amide bonds. The van der Waals surface area contributed by atoms with Gasteiger partial charge in [0.05, 0.1) is 9.65 Å². The predicted octanol–water partition coefficient (Wildman–Crippen LogP) is -0.509. The molecule has 1 fully saturated rings. The lowest BCUT2D eigenvalue weighted by Crippen LogP contribution is -2.63. The highest BCUT2D eigenvalue weighted by atomic mass is 127. The van der Waals surface area contributed by atoms with Gasteiger partial charge < -0.3 is 5.11 Å². The molecule has 0 bridgehead atoms. The Balaban J connectivity index is 2.53. The lowest BCUT2D eigenvalue weighted by molar-refractivity contribution is 0.0127. The van der Waals surface area contributed by atoms with Crippen LogP contribution in [0.25, 0.3) is 0 Å². The molecule has 0 aliphatic carbocycles. The number of sulfonamides is 1. The average Bonchev–Trinajstić information content (AvgIpc) is 1.92. The third kappa shape index (κ3) is 3.02. The zero-order chi connectivity index (χ0) is 11.1. The van der Waals surface area contributed by atoms with Crippen LogP contribution in [0.2, 0.25) is 0 Å². The van der Waals surface area contributed by atoms with Gasteiger partial charge in [0, 0.05) is 13.1 Å². The molecule has 0 saturated carbocycles. The van der Waals surface area contributed by atoms with Crippen molar-refractivity contribution < 1.29 is 13.5 Å². The van der Waals surface area contributed by atoms with E-state index in [0.717, 1.165) is 0 Å². The molecule has 2 unspecified atom stereocenters. The van der Waals surface area contributed by atoms with E-state index in [9.17, 15) is 13.5 Å². The zero-order valence-corrected chi connectivity index (χ0v) is 11.1. The molecule has 3 N–H and O–H groups in total. The maximum atomic E-state index is 11.0. The van der Waals surface area contributed by atoms with Gasteiger partial charge in [-0.2, -0.15) is 0 Å². The molecule has 84 valence electrons. The molecule has 1 heterocycles. The third-order valence-corrected chi connectivity index (χ3v) is 5.48. The second-order valence-corrected chi connectivity index (χ2v) is 7.30. The summed E-state index contributed by atoms with van der Waals surface area (Å²) in [6.07, 6.45) is 0. The maximum Gasteiger partial charge on any atom is 0.215 e. The summed E-state index contributed by atoms with van der Waals surface area (Å²) >= 11 is 2.04. The normalized spacial score (nSPS) is 30.1. The molecule has 0 radical (unpaired) electrons. The molecule has 1 aliphatic rings. The highest BCUT2D eigenvalue weighted by molar-refractivity contribution is 14.1. The predicted molar refractivity (Wildman–Crippen MR) is 62.6 cm³/mol. The first-order chi connectivity index (χ1) is 6.11. The standard InChI is InChI=1S/C7H15IN2O3S/c1-7(2,11)4-10-3-5(6(10)8)14(9,12)13/h5-6,11H,3-4H2,1-2H3,(H2,9,12,13). The summed E-state index contributed by atoms with van der Waals surface area (Å²) < 4.78 is 21.9. The Bertz CT molecular complexity index is 311. The molecule has 0 aromatic rings. The van der Waals surface area contributed by atoms with Crippen molar-refractivity contribution in [2.24, 2.45) is 5.14 Å². The summed E-state index contributed by atoms with van der Waals surface area (Å²) in [6.45, 7) is 4.27. The smallest absolute Gasteiger partial charge is 0.215 e. The lowest BCUT2D eigenvalue weighted by Gasteiger charge is -2.45. The Morgan fingerprint density at radius 3 is 2.43 bits per heavy atom. The fraction of sp³-hybridized carbons (Fsp3) is 1.00. The lowest BCUT2D eigenvalue weighted by atomic mass is 10.1. The summed E-state index contributed by atoms with van der Waals surface area (Å²) in [4.78, 5) is 1.90. The minimum absolute atomic E-state index is 0.131. The summed E-state index contributed by atoms with van der Waals surface area (Å²) in [7, 11) is -3.43. The van der Waals surface area contributed by atoms with Crippen LogP contribution in [-0.4, -0.2) is 46.4 Å². The Kier molecular flexibility index (Phi) is 3.48. The number of hydrogen-bond acceptors (Lipinski definition) is 4. The van der Waals surface area contributed by atoms with Crippen LogP contribution in [0.1, 0.15) is 13.8 Å². The van der Waals surface area contributed by atoms with E-state index in [2.05, 4.69) is 0 Å². The van der Waals surface area contributed by atoms with E-state index in [-0.39, 0.29) is 4.05 Å². The number of nitrogens with two attached hydrogens (primary N) is 1. The zero-order valence-electron chi connectivity index (χ0n) is 8.14. The van der Waals surface area contributed by atoms with Gasteiger partial charge in [-0.15, -0.1) is 0 Å². The number of halogens is 1. The van der Waals surface area contributed by atoms with Crippen molar-refractivity contribution in [1.29, 1.82) is 0 Å². The number of rotatable bonds is 3. The van der Waals surface area contributed by atoms with Crippen LogP contribution in [0.15, 0.2) is 0 Å². The van der Waals surface area contributed by atoms with Crippen LogP contribution in [0.5, 0.6) is 0 Å². The maximum absolute atomic E-state index is 11.0. The van der Waals surface area contributed by atoms with Crippen molar-refractivity contribution in [3.05, 3.63) is 0 Å². The van der Waals surface area contributed by atoms with Gasteiger partial charge in [-0.25, -0.2) is 13.6 Å². The van der Waals surface area contributed by atoms with Gasteiger partial charge in [0.2, 0.25) is 10.0 Å². The number of likely N-dealkylation sites (tertiary alicyclic amines) is 1. The first-order valence-electron chi connectivity index (χ1n) is 4.23. The fourth-order valence-corrected chi connectivity index (χ4v) is 4.19. The number of nitrogens with zero attached hydrogens (tertiary/aromatic N) is 1. The van der Waals surface area contributed by atoms with Gasteiger partial charge >= 0.3 is 0 Å². The van der Waals surface area contributed by atoms with E-state index in [1.807, 2.05) is 27.5 Å². The van der Waals surface area contributed by atoms with Crippen molar-refractivity contribution in [1.82, 2.24) is 4.90 Å². The van der Waals surface area contributed by atoms with Crippen molar-refractivity contribution in [2.45, 2.75) is 28.7 Å². The van der Waals surface area contributed by atoms with Gasteiger partial charge in [-0.1, -0.05) is 22.6 Å². The van der Waals surface area contributed by atoms with Crippen LogP contribution in [0.3, 0.4) is 0 Å². The molecule has 0 aromatic carbocycles. The Hall–Kier alpha value is 0.560. The van der Waals surface area contributed by atoms with Crippen LogP contribution >= 0.6 is 22.6 Å². The van der Waals surface area contributed by atoms with Crippen LogP contribution in [0.4, 0.5) is 0 Å². The van der Waals surface area contributed by atoms with E-state index >= 15 is 0 Å². The number of hydrogen-bond donors (Lipinski definition) is 2. The first-order valence-corrected chi connectivity index (χ1v) is 7.09. The Morgan fingerprint density at radius 1 is 1.64 bits per heavy atom. The van der Waals surface area contributed by atoms with Gasteiger partial charge in [0.25, 0.3) is 0 Å². The quantitative estimate of drug-likeness (QED) is 0.414. The summed E-state index contributed by atoms with van der Waals surface area (Å²) in [5.41, 5.74) is -0.799. The van der Waals surface area contributed by atoms with Crippen LogP contribution in [-0.2, 0) is 10.0 Å². The molecule has 0 spiro atoms. The third-order valence-electron chi connectivity index (χ3n) is 2.08. The summed E-state index contributed by atoms with van der Waals surface area (Å²) in [5.74, 6) is 0. The molecule has 14 heavy (non-hydrogen) atoms. The Labute approximate surface area is 97.8 Å². The average molecular weight is 334 g/mol. The molecular formula is C7H15IN2O3S. The molecule has 0 aromatic heterocycles. The number of primary sulfonamides is 1. The summed E-state index contributed by atoms with van der Waals surface area (Å²) in [5, 5.41) is 14.1. The van der Waals surface area contributed by atoms with E-state index in [4.69, 9.17) is 5.14 Å². The van der Waals surface area contributed by atoms with E-state index in [0.29, 0.717) is 13.1 Å².